The smallest absolute Gasteiger partial charge is 0.276 e. The Morgan fingerprint density at radius 3 is 2.11 bits per heavy atom. The number of pyridine rings is 1. The normalized spacial score (nSPS) is 15.7. The summed E-state index contributed by atoms with van der Waals surface area (Å²) >= 11 is 0. The van der Waals surface area contributed by atoms with Crippen LogP contribution in [0.2, 0.25) is 0 Å². The van der Waals surface area contributed by atoms with Gasteiger partial charge in [-0.3, -0.25) is 29.2 Å². The summed E-state index contributed by atoms with van der Waals surface area (Å²) in [5.74, 6) is 2.03. The minimum absolute atomic E-state index is 0.118. The molecule has 0 saturated carbocycles. The van der Waals surface area contributed by atoms with Gasteiger partial charge in [-0.15, -0.1) is 0 Å². The molecule has 13 heteroatoms. The predicted octanol–water partition coefficient (Wildman–Crippen LogP) is 6.23. The third-order valence-corrected chi connectivity index (χ3v) is 12.0. The van der Waals surface area contributed by atoms with Crippen molar-refractivity contribution in [1.82, 2.24) is 24.6 Å². The van der Waals surface area contributed by atoms with Crippen molar-refractivity contribution >= 4 is 34.3 Å². The number of hydrogen-bond donors (Lipinski definition) is 2. The zero-order valence-electron chi connectivity index (χ0n) is 34.9. The van der Waals surface area contributed by atoms with Gasteiger partial charge in [0.1, 0.15) is 28.8 Å². The second-order valence-corrected chi connectivity index (χ2v) is 15.8. The molecule has 4 aromatic carbocycles. The number of aryl methyl sites for hydroxylation is 1. The van der Waals surface area contributed by atoms with E-state index >= 15 is 0 Å². The number of benzene rings is 4. The van der Waals surface area contributed by atoms with E-state index in [9.17, 15) is 19.2 Å². The number of carbonyl (C=O) groups excluding carboxylic acids is 3. The zero-order chi connectivity index (χ0) is 42.6. The van der Waals surface area contributed by atoms with Crippen molar-refractivity contribution in [3.8, 4) is 28.4 Å². The van der Waals surface area contributed by atoms with Crippen LogP contribution in [0.4, 0.5) is 5.69 Å². The van der Waals surface area contributed by atoms with Crippen LogP contribution in [0.1, 0.15) is 59.4 Å². The highest BCUT2D eigenvalue weighted by Crippen LogP contribution is 2.39. The molecular weight excluding hydrogens is 773 g/mol. The van der Waals surface area contributed by atoms with E-state index in [2.05, 4.69) is 27.9 Å². The molecule has 314 valence electrons. The molecule has 2 aliphatic heterocycles. The monoisotopic (exact) mass is 822 g/mol. The number of fused-ring (bicyclic) bond motifs is 1. The topological polar surface area (TPSA) is 146 Å². The van der Waals surface area contributed by atoms with Crippen LogP contribution in [0.5, 0.6) is 17.2 Å². The van der Waals surface area contributed by atoms with Crippen LogP contribution in [0.25, 0.3) is 22.0 Å². The second kappa shape index (κ2) is 17.8. The molecule has 0 spiro atoms. The van der Waals surface area contributed by atoms with Crippen LogP contribution in [-0.2, 0) is 40.8 Å². The molecule has 0 bridgehead atoms. The van der Waals surface area contributed by atoms with Crippen molar-refractivity contribution in [1.29, 1.82) is 0 Å². The third kappa shape index (κ3) is 8.86. The lowest BCUT2D eigenvalue weighted by atomic mass is 9.89. The quantitative estimate of drug-likeness (QED) is 0.130. The number of anilines is 1. The zero-order valence-corrected chi connectivity index (χ0v) is 34.9. The molecule has 2 N–H and O–H groups in total. The summed E-state index contributed by atoms with van der Waals surface area (Å²) in [4.78, 5) is 52.5. The van der Waals surface area contributed by atoms with Gasteiger partial charge in [0.2, 0.25) is 17.7 Å². The van der Waals surface area contributed by atoms with Crippen molar-refractivity contribution < 1.29 is 28.6 Å². The standard InChI is InChI=1S/C48H50N6O7/c1-52-29-40(39-27-49-54(46(39)48(52)58)28-32-9-15-37(59-2)16-10-32)35-25-42(60-3)38(43(26-35)61-4)23-30-5-7-31(8-6-30)24-45(56)53-21-19-34(20-22-53)33-11-13-36(14-12-33)50-41-17-18-44(55)51-47(41)57/h5-16,25-27,29,34,41,50H,17-24,28H2,1-4H3,(H,51,55,57). The number of methoxy groups -OCH3 is 3. The fourth-order valence-electron chi connectivity index (χ4n) is 8.48. The summed E-state index contributed by atoms with van der Waals surface area (Å²) in [5.41, 5.74) is 7.97. The summed E-state index contributed by atoms with van der Waals surface area (Å²) in [6.45, 7) is 1.82. The Bertz CT molecular complexity index is 2600. The lowest BCUT2D eigenvalue weighted by Gasteiger charge is -2.32. The van der Waals surface area contributed by atoms with Gasteiger partial charge in [0.05, 0.1) is 40.5 Å². The summed E-state index contributed by atoms with van der Waals surface area (Å²) < 4.78 is 20.5. The predicted molar refractivity (Wildman–Crippen MR) is 233 cm³/mol. The number of piperidine rings is 2. The Hall–Kier alpha value is -6.89. The van der Waals surface area contributed by atoms with E-state index in [0.717, 1.165) is 63.0 Å². The van der Waals surface area contributed by atoms with E-state index < -0.39 is 6.04 Å². The highest BCUT2D eigenvalue weighted by atomic mass is 16.5. The first kappa shape index (κ1) is 40.9. The molecule has 1 unspecified atom stereocenters. The second-order valence-electron chi connectivity index (χ2n) is 15.8. The van der Waals surface area contributed by atoms with Crippen molar-refractivity contribution in [2.24, 2.45) is 7.05 Å². The Kier molecular flexibility index (Phi) is 11.9. The average molecular weight is 823 g/mol. The summed E-state index contributed by atoms with van der Waals surface area (Å²) in [6, 6.07) is 27.5. The van der Waals surface area contributed by atoms with E-state index in [1.165, 1.54) is 5.56 Å². The van der Waals surface area contributed by atoms with Crippen molar-refractivity contribution in [3.05, 3.63) is 135 Å². The molecule has 2 aliphatic rings. The lowest BCUT2D eigenvalue weighted by Crippen LogP contribution is -2.47. The van der Waals surface area contributed by atoms with Gasteiger partial charge in [0.15, 0.2) is 0 Å². The van der Waals surface area contributed by atoms with E-state index in [0.29, 0.717) is 68.3 Å². The number of imide groups is 1. The molecule has 61 heavy (non-hydrogen) atoms. The Morgan fingerprint density at radius 1 is 0.820 bits per heavy atom. The van der Waals surface area contributed by atoms with Crippen molar-refractivity contribution in [3.63, 3.8) is 0 Å². The van der Waals surface area contributed by atoms with E-state index in [1.807, 2.05) is 83.9 Å². The van der Waals surface area contributed by atoms with Crippen LogP contribution in [0.3, 0.4) is 0 Å². The molecule has 8 rings (SSSR count). The van der Waals surface area contributed by atoms with Gasteiger partial charge in [0.25, 0.3) is 5.56 Å². The first-order valence-corrected chi connectivity index (χ1v) is 20.6. The summed E-state index contributed by atoms with van der Waals surface area (Å²) in [6.07, 6.45) is 7.02. The number of ether oxygens (including phenoxy) is 3. The molecule has 0 aliphatic carbocycles. The fraction of sp³-hybridized carbons (Fsp3) is 0.312. The molecule has 6 aromatic rings. The minimum atomic E-state index is -0.415. The molecule has 3 amide bonds. The Morgan fingerprint density at radius 2 is 1.48 bits per heavy atom. The minimum Gasteiger partial charge on any atom is -0.497 e. The van der Waals surface area contributed by atoms with Gasteiger partial charge in [-0.2, -0.15) is 5.10 Å². The van der Waals surface area contributed by atoms with Gasteiger partial charge < -0.3 is 29.0 Å². The number of hydrogen-bond acceptors (Lipinski definition) is 9. The van der Waals surface area contributed by atoms with Gasteiger partial charge in [-0.25, -0.2) is 0 Å². The molecule has 2 saturated heterocycles. The highest BCUT2D eigenvalue weighted by Gasteiger charge is 2.27. The van der Waals surface area contributed by atoms with Gasteiger partial charge in [0, 0.05) is 61.4 Å². The van der Waals surface area contributed by atoms with E-state index in [1.54, 1.807) is 43.8 Å². The third-order valence-electron chi connectivity index (χ3n) is 12.0. The van der Waals surface area contributed by atoms with E-state index in [4.69, 9.17) is 14.2 Å². The molecule has 2 fully saturated rings. The average Bonchev–Trinajstić information content (AvgIpc) is 3.70. The summed E-state index contributed by atoms with van der Waals surface area (Å²) in [7, 11) is 6.66. The number of nitrogens with zero attached hydrogens (tertiary/aromatic N) is 4. The SMILES string of the molecule is COc1ccc(Cn2ncc3c(-c4cc(OC)c(Cc5ccc(CC(=O)N6CCC(c7ccc(NC8CCC(=O)NC8=O)cc7)CC6)cc5)c(OC)c4)cn(C)c(=O)c32)cc1. The van der Waals surface area contributed by atoms with Crippen LogP contribution >= 0.6 is 0 Å². The first-order valence-electron chi connectivity index (χ1n) is 20.6. The first-order chi connectivity index (χ1) is 29.6. The van der Waals surface area contributed by atoms with Gasteiger partial charge >= 0.3 is 0 Å². The Balaban J connectivity index is 0.903. The Labute approximate surface area is 354 Å². The van der Waals surface area contributed by atoms with Crippen LogP contribution < -0.4 is 30.4 Å². The molecule has 1 atom stereocenters. The number of likely N-dealkylation sites (tertiary alicyclic amines) is 1. The maximum atomic E-state index is 13.5. The maximum Gasteiger partial charge on any atom is 0.276 e. The molecule has 13 nitrogen and oxygen atoms in total. The van der Waals surface area contributed by atoms with Crippen LogP contribution in [0, 0.1) is 0 Å². The molecule has 2 aromatic heterocycles. The fourth-order valence-corrected chi connectivity index (χ4v) is 8.48. The van der Waals surface area contributed by atoms with Crippen molar-refractivity contribution in [2.45, 2.75) is 57.0 Å². The summed E-state index contributed by atoms with van der Waals surface area (Å²) in [5, 5.41) is 11.0. The van der Waals surface area contributed by atoms with Crippen LogP contribution in [-0.4, -0.2) is 77.4 Å². The van der Waals surface area contributed by atoms with Gasteiger partial charge in [-0.1, -0.05) is 48.5 Å². The van der Waals surface area contributed by atoms with Crippen molar-refractivity contribution in [2.75, 3.05) is 39.7 Å². The molecule has 0 radical (unpaired) electrons. The number of nitrogens with one attached hydrogen (secondary N) is 2. The van der Waals surface area contributed by atoms with E-state index in [-0.39, 0.29) is 23.3 Å². The number of carbonyl (C=O) groups is 3. The number of rotatable bonds is 13. The largest absolute Gasteiger partial charge is 0.497 e. The molecule has 4 heterocycles. The maximum absolute atomic E-state index is 13.5. The molecular formula is C48H50N6O7. The van der Waals surface area contributed by atoms with Gasteiger partial charge in [-0.05, 0) is 89.4 Å². The highest BCUT2D eigenvalue weighted by molar-refractivity contribution is 6.01. The van der Waals surface area contributed by atoms with Crippen LogP contribution in [0.15, 0.2) is 102 Å². The lowest BCUT2D eigenvalue weighted by molar-refractivity contribution is -0.134. The number of amides is 3. The number of aromatic nitrogens is 3.